The van der Waals surface area contributed by atoms with Gasteiger partial charge in [-0.15, -0.1) is 0 Å². The van der Waals surface area contributed by atoms with Crippen molar-refractivity contribution in [1.29, 1.82) is 0 Å². The van der Waals surface area contributed by atoms with Crippen molar-refractivity contribution in [3.8, 4) is 0 Å². The van der Waals surface area contributed by atoms with E-state index in [0.29, 0.717) is 25.2 Å². The van der Waals surface area contributed by atoms with Crippen LogP contribution >= 0.6 is 0 Å². The molecule has 0 fully saturated rings. The number of nitro benzene ring substituents is 1. The maximum atomic E-state index is 12.0. The van der Waals surface area contributed by atoms with Gasteiger partial charge in [0.2, 0.25) is 0 Å². The molecule has 0 atom stereocenters. The second-order valence-electron chi connectivity index (χ2n) is 5.40. The molecule has 9 heteroatoms. The highest BCUT2D eigenvalue weighted by atomic mass is 16.6. The summed E-state index contributed by atoms with van der Waals surface area (Å²) >= 11 is 0. The molecule has 2 rings (SSSR count). The van der Waals surface area contributed by atoms with E-state index in [-0.39, 0.29) is 11.6 Å². The summed E-state index contributed by atoms with van der Waals surface area (Å²) in [6, 6.07) is 12.2. The highest BCUT2D eigenvalue weighted by Crippen LogP contribution is 2.14. The van der Waals surface area contributed by atoms with E-state index in [1.807, 2.05) is 0 Å². The molecule has 0 spiro atoms. The molecule has 136 valence electrons. The summed E-state index contributed by atoms with van der Waals surface area (Å²) < 4.78 is 0. The largest absolute Gasteiger partial charge is 0.383 e. The first kappa shape index (κ1) is 18.7. The third kappa shape index (κ3) is 5.78. The molecule has 26 heavy (non-hydrogen) atoms. The van der Waals surface area contributed by atoms with Crippen LogP contribution in [0.25, 0.3) is 0 Å². The number of nitrogens with two attached hydrogens (primary N) is 1. The average molecular weight is 357 g/mol. The number of anilines is 1. The van der Waals surface area contributed by atoms with Crippen LogP contribution in [0.2, 0.25) is 0 Å². The molecule has 0 heterocycles. The molecule has 5 N–H and O–H groups in total. The lowest BCUT2D eigenvalue weighted by Crippen LogP contribution is -2.29. The van der Waals surface area contributed by atoms with Crippen molar-refractivity contribution in [3.05, 3.63) is 69.8 Å². The lowest BCUT2D eigenvalue weighted by molar-refractivity contribution is -0.384. The minimum atomic E-state index is -0.604. The molecular formula is C17H19N5O4. The van der Waals surface area contributed by atoms with Crippen molar-refractivity contribution >= 4 is 23.3 Å². The van der Waals surface area contributed by atoms with Gasteiger partial charge in [-0.25, -0.2) is 4.79 Å². The maximum Gasteiger partial charge on any atom is 0.312 e. The molecule has 0 aliphatic rings. The number of hydrogen-bond acceptors (Lipinski definition) is 5. The molecule has 2 aromatic rings. The van der Waals surface area contributed by atoms with Gasteiger partial charge in [-0.05, 0) is 29.8 Å². The SMILES string of the molecule is NC(=O)NCc1ccc(C(=O)NCCNc2ccc([N+](=O)[O-])cc2)cc1. The number of non-ortho nitro benzene ring substituents is 1. The van der Waals surface area contributed by atoms with E-state index < -0.39 is 11.0 Å². The number of rotatable bonds is 8. The standard InChI is InChI=1S/C17H19N5O4/c18-17(24)21-11-12-1-3-13(4-2-12)16(23)20-10-9-19-14-5-7-15(8-6-14)22(25)26/h1-8,19H,9-11H2,(H,20,23)(H3,18,21,24). The Morgan fingerprint density at radius 2 is 1.62 bits per heavy atom. The van der Waals surface area contributed by atoms with Gasteiger partial charge in [0.25, 0.3) is 11.6 Å². The number of nitrogens with one attached hydrogen (secondary N) is 3. The van der Waals surface area contributed by atoms with E-state index in [9.17, 15) is 19.7 Å². The van der Waals surface area contributed by atoms with Crippen molar-refractivity contribution in [2.75, 3.05) is 18.4 Å². The van der Waals surface area contributed by atoms with E-state index in [2.05, 4.69) is 16.0 Å². The van der Waals surface area contributed by atoms with Crippen LogP contribution in [-0.4, -0.2) is 30.0 Å². The van der Waals surface area contributed by atoms with E-state index in [1.54, 1.807) is 36.4 Å². The van der Waals surface area contributed by atoms with Crippen LogP contribution in [0.15, 0.2) is 48.5 Å². The third-order valence-electron chi connectivity index (χ3n) is 3.50. The Kier molecular flexibility index (Phi) is 6.49. The molecule has 2 aromatic carbocycles. The fourth-order valence-electron chi connectivity index (χ4n) is 2.15. The third-order valence-corrected chi connectivity index (χ3v) is 3.50. The molecular weight excluding hydrogens is 338 g/mol. The van der Waals surface area contributed by atoms with Crippen molar-refractivity contribution in [2.24, 2.45) is 5.73 Å². The van der Waals surface area contributed by atoms with Gasteiger partial charge in [0.05, 0.1) is 4.92 Å². The second-order valence-corrected chi connectivity index (χ2v) is 5.40. The zero-order chi connectivity index (χ0) is 18.9. The van der Waals surface area contributed by atoms with Crippen LogP contribution in [-0.2, 0) is 6.54 Å². The lowest BCUT2D eigenvalue weighted by atomic mass is 10.1. The Bertz CT molecular complexity index is 775. The molecule has 0 unspecified atom stereocenters. The van der Waals surface area contributed by atoms with Gasteiger partial charge in [-0.2, -0.15) is 0 Å². The molecule has 9 nitrogen and oxygen atoms in total. The number of nitrogens with zero attached hydrogens (tertiary/aromatic N) is 1. The Balaban J connectivity index is 1.74. The van der Waals surface area contributed by atoms with Crippen LogP contribution in [0.1, 0.15) is 15.9 Å². The summed E-state index contributed by atoms with van der Waals surface area (Å²) in [5, 5.41) is 18.9. The van der Waals surface area contributed by atoms with Gasteiger partial charge in [0.15, 0.2) is 0 Å². The van der Waals surface area contributed by atoms with Crippen molar-refractivity contribution in [3.63, 3.8) is 0 Å². The molecule has 0 aliphatic heterocycles. The van der Waals surface area contributed by atoms with Crippen LogP contribution in [0.3, 0.4) is 0 Å². The number of carbonyl (C=O) groups is 2. The predicted octanol–water partition coefficient (Wildman–Crippen LogP) is 1.60. The summed E-state index contributed by atoms with van der Waals surface area (Å²) in [5.74, 6) is -0.218. The number of amides is 3. The zero-order valence-corrected chi connectivity index (χ0v) is 13.9. The van der Waals surface area contributed by atoms with Gasteiger partial charge in [-0.3, -0.25) is 14.9 Å². The first-order valence-corrected chi connectivity index (χ1v) is 7.84. The highest BCUT2D eigenvalue weighted by Gasteiger charge is 2.06. The van der Waals surface area contributed by atoms with Gasteiger partial charge in [0.1, 0.15) is 0 Å². The normalized spacial score (nSPS) is 10.0. The highest BCUT2D eigenvalue weighted by molar-refractivity contribution is 5.94. The Labute approximate surface area is 149 Å². The molecule has 0 radical (unpaired) electrons. The Hall–Kier alpha value is -3.62. The quantitative estimate of drug-likeness (QED) is 0.323. The summed E-state index contributed by atoms with van der Waals surface area (Å²) in [5.41, 5.74) is 7.09. The van der Waals surface area contributed by atoms with Gasteiger partial charge in [-0.1, -0.05) is 12.1 Å². The number of hydrogen-bond donors (Lipinski definition) is 4. The van der Waals surface area contributed by atoms with E-state index in [1.165, 1.54) is 12.1 Å². The molecule has 0 aromatic heterocycles. The number of primary amides is 1. The summed E-state index contributed by atoms with van der Waals surface area (Å²) in [7, 11) is 0. The number of urea groups is 1. The molecule has 0 saturated heterocycles. The van der Waals surface area contributed by atoms with E-state index in [4.69, 9.17) is 5.73 Å². The molecule has 0 bridgehead atoms. The van der Waals surface area contributed by atoms with Crippen molar-refractivity contribution < 1.29 is 14.5 Å². The number of nitro groups is 1. The summed E-state index contributed by atoms with van der Waals surface area (Å²) in [4.78, 5) is 32.8. The van der Waals surface area contributed by atoms with Crippen LogP contribution in [0.5, 0.6) is 0 Å². The maximum absolute atomic E-state index is 12.0. The number of benzene rings is 2. The van der Waals surface area contributed by atoms with Gasteiger partial charge >= 0.3 is 6.03 Å². The topological polar surface area (TPSA) is 139 Å². The van der Waals surface area contributed by atoms with Crippen LogP contribution < -0.4 is 21.7 Å². The molecule has 0 aliphatic carbocycles. The van der Waals surface area contributed by atoms with Gasteiger partial charge in [0, 0.05) is 43.0 Å². The van der Waals surface area contributed by atoms with Crippen LogP contribution in [0.4, 0.5) is 16.2 Å². The minimum absolute atomic E-state index is 0.0262. The van der Waals surface area contributed by atoms with E-state index >= 15 is 0 Å². The zero-order valence-electron chi connectivity index (χ0n) is 13.9. The van der Waals surface area contributed by atoms with Crippen molar-refractivity contribution in [2.45, 2.75) is 6.54 Å². The first-order valence-electron chi connectivity index (χ1n) is 7.84. The number of carbonyl (C=O) groups excluding carboxylic acids is 2. The fraction of sp³-hybridized carbons (Fsp3) is 0.176. The Morgan fingerprint density at radius 3 is 2.19 bits per heavy atom. The monoisotopic (exact) mass is 357 g/mol. The molecule has 3 amide bonds. The summed E-state index contributed by atoms with van der Waals surface area (Å²) in [6.45, 7) is 1.17. The Morgan fingerprint density at radius 1 is 0.962 bits per heavy atom. The smallest absolute Gasteiger partial charge is 0.312 e. The summed E-state index contributed by atoms with van der Waals surface area (Å²) in [6.07, 6.45) is 0. The predicted molar refractivity (Wildman–Crippen MR) is 96.8 cm³/mol. The van der Waals surface area contributed by atoms with Crippen LogP contribution in [0, 0.1) is 10.1 Å². The fourth-order valence-corrected chi connectivity index (χ4v) is 2.15. The first-order chi connectivity index (χ1) is 12.5. The minimum Gasteiger partial charge on any atom is -0.383 e. The molecule has 0 saturated carbocycles. The van der Waals surface area contributed by atoms with Crippen molar-refractivity contribution in [1.82, 2.24) is 10.6 Å². The lowest BCUT2D eigenvalue weighted by Gasteiger charge is -2.08. The van der Waals surface area contributed by atoms with E-state index in [0.717, 1.165) is 11.3 Å². The van der Waals surface area contributed by atoms with Gasteiger partial charge < -0.3 is 21.7 Å². The second kappa shape index (κ2) is 9.02. The average Bonchev–Trinajstić information content (AvgIpc) is 2.64.